The number of hydrogen-bond donors (Lipinski definition) is 2. The van der Waals surface area contributed by atoms with E-state index in [-0.39, 0.29) is 0 Å². The van der Waals surface area contributed by atoms with E-state index in [0.29, 0.717) is 5.70 Å². The molecule has 2 heteroatoms. The first-order chi connectivity index (χ1) is 3.81. The van der Waals surface area contributed by atoms with Crippen LogP contribution in [0.25, 0.3) is 0 Å². The summed E-state index contributed by atoms with van der Waals surface area (Å²) in [6.45, 7) is 3.45. The molecule has 0 aromatic carbocycles. The van der Waals surface area contributed by atoms with Crippen LogP contribution < -0.4 is 11.5 Å². The Morgan fingerprint density at radius 2 is 2.12 bits per heavy atom. The topological polar surface area (TPSA) is 52.0 Å². The second kappa shape index (κ2) is 3.99. The molecule has 2 nitrogen and oxygen atoms in total. The molecule has 0 fully saturated rings. The van der Waals surface area contributed by atoms with Crippen LogP contribution in [0.5, 0.6) is 0 Å². The second-order valence-electron chi connectivity index (χ2n) is 1.26. The largest absolute Gasteiger partial charge is 0.405 e. The van der Waals surface area contributed by atoms with E-state index in [9.17, 15) is 0 Å². The molecule has 0 aromatic rings. The molecular formula is C6H10N2. The van der Waals surface area contributed by atoms with E-state index in [1.165, 1.54) is 6.20 Å². The van der Waals surface area contributed by atoms with Crippen LogP contribution in [0.4, 0.5) is 0 Å². The van der Waals surface area contributed by atoms with Crippen molar-refractivity contribution in [3.05, 3.63) is 36.7 Å². The summed E-state index contributed by atoms with van der Waals surface area (Å²) in [6.07, 6.45) is 6.29. The highest BCUT2D eigenvalue weighted by Gasteiger charge is 1.70. The van der Waals surface area contributed by atoms with Gasteiger partial charge < -0.3 is 11.5 Å². The Bertz CT molecular complexity index is 122. The lowest BCUT2D eigenvalue weighted by Gasteiger charge is -1.82. The summed E-state index contributed by atoms with van der Waals surface area (Å²) in [4.78, 5) is 0. The number of hydrogen-bond acceptors (Lipinski definition) is 2. The molecule has 0 spiro atoms. The predicted octanol–water partition coefficient (Wildman–Crippen LogP) is 0.487. The van der Waals surface area contributed by atoms with Crippen LogP contribution >= 0.6 is 0 Å². The van der Waals surface area contributed by atoms with Gasteiger partial charge in [0.25, 0.3) is 0 Å². The molecule has 0 aromatic heterocycles. The molecule has 0 radical (unpaired) electrons. The zero-order valence-electron chi connectivity index (χ0n) is 4.67. The normalized spacial score (nSPS) is 12.2. The van der Waals surface area contributed by atoms with Crippen molar-refractivity contribution in [3.63, 3.8) is 0 Å². The van der Waals surface area contributed by atoms with E-state index in [4.69, 9.17) is 11.5 Å². The molecule has 0 rings (SSSR count). The van der Waals surface area contributed by atoms with Crippen molar-refractivity contribution < 1.29 is 0 Å². The summed E-state index contributed by atoms with van der Waals surface area (Å²) < 4.78 is 0. The molecule has 0 unspecified atom stereocenters. The Labute approximate surface area is 49.2 Å². The van der Waals surface area contributed by atoms with Crippen molar-refractivity contribution in [3.8, 4) is 0 Å². The minimum Gasteiger partial charge on any atom is -0.405 e. The molecule has 0 aliphatic heterocycles. The molecule has 0 aliphatic rings. The smallest absolute Gasteiger partial charge is 0.0308 e. The van der Waals surface area contributed by atoms with Crippen molar-refractivity contribution in [2.45, 2.75) is 0 Å². The van der Waals surface area contributed by atoms with E-state index in [0.717, 1.165) is 0 Å². The molecule has 0 amide bonds. The van der Waals surface area contributed by atoms with Crippen LogP contribution in [0, 0.1) is 0 Å². The monoisotopic (exact) mass is 110 g/mol. The van der Waals surface area contributed by atoms with Gasteiger partial charge in [0.05, 0.1) is 0 Å². The molecular weight excluding hydrogens is 100 g/mol. The molecule has 44 valence electrons. The van der Waals surface area contributed by atoms with Gasteiger partial charge in [0.2, 0.25) is 0 Å². The molecule has 8 heavy (non-hydrogen) atoms. The van der Waals surface area contributed by atoms with Crippen LogP contribution in [-0.4, -0.2) is 0 Å². The lowest BCUT2D eigenvalue weighted by atomic mass is 10.4. The van der Waals surface area contributed by atoms with E-state index in [1.807, 2.05) is 0 Å². The maximum absolute atomic E-state index is 5.30. The minimum absolute atomic E-state index is 0.617. The third-order valence-corrected chi connectivity index (χ3v) is 0.635. The summed E-state index contributed by atoms with van der Waals surface area (Å²) >= 11 is 0. The van der Waals surface area contributed by atoms with E-state index < -0.39 is 0 Å². The summed E-state index contributed by atoms with van der Waals surface area (Å²) in [5, 5.41) is 0. The summed E-state index contributed by atoms with van der Waals surface area (Å²) in [5.41, 5.74) is 10.9. The molecule has 0 saturated heterocycles. The van der Waals surface area contributed by atoms with Gasteiger partial charge in [-0.3, -0.25) is 0 Å². The second-order valence-corrected chi connectivity index (χ2v) is 1.26. The molecule has 4 N–H and O–H groups in total. The highest BCUT2D eigenvalue weighted by atomic mass is 14.5. The molecule has 0 bridgehead atoms. The maximum atomic E-state index is 5.30. The van der Waals surface area contributed by atoms with Gasteiger partial charge in [-0.2, -0.15) is 0 Å². The Hall–Kier alpha value is -1.18. The average molecular weight is 110 g/mol. The van der Waals surface area contributed by atoms with Gasteiger partial charge in [0.15, 0.2) is 0 Å². The first-order valence-corrected chi connectivity index (χ1v) is 2.27. The Balaban J connectivity index is 3.74. The molecule has 0 aliphatic carbocycles. The van der Waals surface area contributed by atoms with Gasteiger partial charge >= 0.3 is 0 Å². The Morgan fingerprint density at radius 3 is 2.50 bits per heavy atom. The van der Waals surface area contributed by atoms with Crippen LogP contribution in [0.1, 0.15) is 0 Å². The maximum Gasteiger partial charge on any atom is 0.0308 e. The van der Waals surface area contributed by atoms with Crippen molar-refractivity contribution in [2.24, 2.45) is 11.5 Å². The lowest BCUT2D eigenvalue weighted by Crippen LogP contribution is -1.90. The van der Waals surface area contributed by atoms with Crippen LogP contribution in [0.15, 0.2) is 36.7 Å². The van der Waals surface area contributed by atoms with Crippen LogP contribution in [0.3, 0.4) is 0 Å². The average Bonchev–Trinajstić information content (AvgIpc) is 1.83. The zero-order valence-corrected chi connectivity index (χ0v) is 4.67. The fourth-order valence-electron chi connectivity index (χ4n) is 0.235. The first-order valence-electron chi connectivity index (χ1n) is 2.27. The highest BCUT2D eigenvalue weighted by molar-refractivity contribution is 5.17. The number of allylic oxidation sites excluding steroid dienone is 3. The SMILES string of the molecule is C=C/C(N)=C/C=C\N. The Morgan fingerprint density at radius 1 is 1.50 bits per heavy atom. The summed E-state index contributed by atoms with van der Waals surface area (Å²) in [7, 11) is 0. The van der Waals surface area contributed by atoms with Crippen molar-refractivity contribution in [2.75, 3.05) is 0 Å². The third kappa shape index (κ3) is 3.03. The zero-order chi connectivity index (χ0) is 6.41. The first kappa shape index (κ1) is 6.82. The van der Waals surface area contributed by atoms with Crippen molar-refractivity contribution in [1.29, 1.82) is 0 Å². The number of rotatable bonds is 2. The van der Waals surface area contributed by atoms with Gasteiger partial charge in [0, 0.05) is 5.70 Å². The fourth-order valence-corrected chi connectivity index (χ4v) is 0.235. The lowest BCUT2D eigenvalue weighted by molar-refractivity contribution is 1.43. The van der Waals surface area contributed by atoms with Crippen molar-refractivity contribution in [1.82, 2.24) is 0 Å². The molecule has 0 heterocycles. The quantitative estimate of drug-likeness (QED) is 0.508. The van der Waals surface area contributed by atoms with Gasteiger partial charge in [-0.05, 0) is 24.4 Å². The van der Waals surface area contributed by atoms with E-state index in [2.05, 4.69) is 6.58 Å². The van der Waals surface area contributed by atoms with Gasteiger partial charge in [-0.25, -0.2) is 0 Å². The third-order valence-electron chi connectivity index (χ3n) is 0.635. The molecule has 0 atom stereocenters. The van der Waals surface area contributed by atoms with Crippen LogP contribution in [-0.2, 0) is 0 Å². The highest BCUT2D eigenvalue weighted by Crippen LogP contribution is 1.82. The fraction of sp³-hybridized carbons (Fsp3) is 0. The van der Waals surface area contributed by atoms with E-state index >= 15 is 0 Å². The standard InChI is InChI=1S/C6H10N2/c1-2-6(8)4-3-5-7/h2-5H,1,7-8H2/b5-3-,6-4-. The van der Waals surface area contributed by atoms with E-state index in [1.54, 1.807) is 18.2 Å². The summed E-state index contributed by atoms with van der Waals surface area (Å²) in [5.74, 6) is 0. The summed E-state index contributed by atoms with van der Waals surface area (Å²) in [6, 6.07) is 0. The minimum atomic E-state index is 0.617. The van der Waals surface area contributed by atoms with Crippen molar-refractivity contribution >= 4 is 0 Å². The Kier molecular flexibility index (Phi) is 3.40. The predicted molar refractivity (Wildman–Crippen MR) is 35.8 cm³/mol. The van der Waals surface area contributed by atoms with Crippen LogP contribution in [0.2, 0.25) is 0 Å². The van der Waals surface area contributed by atoms with Gasteiger partial charge in [-0.15, -0.1) is 0 Å². The van der Waals surface area contributed by atoms with Gasteiger partial charge in [-0.1, -0.05) is 6.58 Å². The van der Waals surface area contributed by atoms with Gasteiger partial charge in [0.1, 0.15) is 0 Å². The molecule has 0 saturated carbocycles. The number of nitrogens with two attached hydrogens (primary N) is 2.